The third-order valence-electron chi connectivity index (χ3n) is 8.60. The number of ether oxygens (including phenoxy) is 2. The maximum atomic E-state index is 12.4. The standard InChI is InChI=1S/C35H67NO4/c1-5-7-8-9-10-14-19-25-33(40-35(38)28-22-29-36(3)4)26-20-15-12-11-13-17-23-31-30-32(31)24-18-16-21-27-34(37)39-6-2/h31-33H,5-30H2,1-4H3. The van der Waals surface area contributed by atoms with E-state index in [0.29, 0.717) is 19.4 Å². The van der Waals surface area contributed by atoms with Gasteiger partial charge in [0.1, 0.15) is 6.10 Å². The summed E-state index contributed by atoms with van der Waals surface area (Å²) in [6.45, 7) is 5.58. The third-order valence-corrected chi connectivity index (χ3v) is 8.60. The Balaban J connectivity index is 2.07. The van der Waals surface area contributed by atoms with Gasteiger partial charge >= 0.3 is 11.9 Å². The van der Waals surface area contributed by atoms with Gasteiger partial charge in [-0.15, -0.1) is 0 Å². The van der Waals surface area contributed by atoms with Crippen LogP contribution < -0.4 is 0 Å². The first-order valence-electron chi connectivity index (χ1n) is 17.5. The lowest BCUT2D eigenvalue weighted by molar-refractivity contribution is -0.150. The second kappa shape index (κ2) is 25.6. The molecule has 3 atom stereocenters. The van der Waals surface area contributed by atoms with Crippen molar-refractivity contribution < 1.29 is 19.1 Å². The fraction of sp³-hybridized carbons (Fsp3) is 0.943. The molecule has 1 aliphatic rings. The minimum atomic E-state index is -0.0373. The molecule has 1 aliphatic carbocycles. The van der Waals surface area contributed by atoms with Gasteiger partial charge in [0.05, 0.1) is 6.61 Å². The van der Waals surface area contributed by atoms with Crippen molar-refractivity contribution in [1.29, 1.82) is 0 Å². The zero-order valence-electron chi connectivity index (χ0n) is 27.2. The van der Waals surface area contributed by atoms with Gasteiger partial charge in [0.2, 0.25) is 0 Å². The highest BCUT2D eigenvalue weighted by Crippen LogP contribution is 2.45. The predicted molar refractivity (Wildman–Crippen MR) is 169 cm³/mol. The van der Waals surface area contributed by atoms with Crippen LogP contribution in [0.4, 0.5) is 0 Å². The number of carbonyl (C=O) groups excluding carboxylic acids is 2. The van der Waals surface area contributed by atoms with Crippen LogP contribution in [-0.2, 0) is 19.1 Å². The Hall–Kier alpha value is -1.10. The van der Waals surface area contributed by atoms with Crippen molar-refractivity contribution in [2.45, 2.75) is 174 Å². The Labute approximate surface area is 248 Å². The van der Waals surface area contributed by atoms with Crippen LogP contribution in [0.25, 0.3) is 0 Å². The molecule has 0 aliphatic heterocycles. The fourth-order valence-electron chi connectivity index (χ4n) is 5.96. The number of rotatable bonds is 29. The Morgan fingerprint density at radius 1 is 0.650 bits per heavy atom. The van der Waals surface area contributed by atoms with Gasteiger partial charge in [-0.1, -0.05) is 103 Å². The summed E-state index contributed by atoms with van der Waals surface area (Å²) in [7, 11) is 4.11. The number of hydrogen-bond acceptors (Lipinski definition) is 5. The molecule has 40 heavy (non-hydrogen) atoms. The molecule has 0 aromatic heterocycles. The molecule has 0 bridgehead atoms. The van der Waals surface area contributed by atoms with E-state index in [-0.39, 0.29) is 18.0 Å². The molecule has 1 rings (SSSR count). The molecule has 0 N–H and O–H groups in total. The number of esters is 2. The molecule has 0 amide bonds. The molecule has 236 valence electrons. The maximum Gasteiger partial charge on any atom is 0.306 e. The quantitative estimate of drug-likeness (QED) is 0.0667. The van der Waals surface area contributed by atoms with E-state index in [1.807, 2.05) is 6.92 Å². The summed E-state index contributed by atoms with van der Waals surface area (Å²) in [5.41, 5.74) is 0. The smallest absolute Gasteiger partial charge is 0.306 e. The molecule has 3 unspecified atom stereocenters. The zero-order valence-corrected chi connectivity index (χ0v) is 27.2. The minimum absolute atomic E-state index is 0.00449. The van der Waals surface area contributed by atoms with Crippen LogP contribution in [0.15, 0.2) is 0 Å². The molecule has 0 radical (unpaired) electrons. The van der Waals surface area contributed by atoms with Gasteiger partial charge in [0, 0.05) is 12.8 Å². The van der Waals surface area contributed by atoms with E-state index in [0.717, 1.165) is 50.5 Å². The zero-order chi connectivity index (χ0) is 29.3. The van der Waals surface area contributed by atoms with Crippen molar-refractivity contribution in [2.75, 3.05) is 27.2 Å². The van der Waals surface area contributed by atoms with Gasteiger partial charge in [-0.25, -0.2) is 0 Å². The molecule has 0 aromatic rings. The van der Waals surface area contributed by atoms with Gasteiger partial charge in [0.25, 0.3) is 0 Å². The van der Waals surface area contributed by atoms with Crippen molar-refractivity contribution in [2.24, 2.45) is 11.8 Å². The number of nitrogens with zero attached hydrogens (tertiary/aromatic N) is 1. The van der Waals surface area contributed by atoms with Crippen molar-refractivity contribution in [3.63, 3.8) is 0 Å². The molecule has 0 spiro atoms. The van der Waals surface area contributed by atoms with Crippen LogP contribution in [0.3, 0.4) is 0 Å². The van der Waals surface area contributed by atoms with E-state index >= 15 is 0 Å². The van der Waals surface area contributed by atoms with Gasteiger partial charge in [-0.2, -0.15) is 0 Å². The SMILES string of the molecule is CCCCCCCCCC(CCCCCCCCC1CC1CCCCCC(=O)OCC)OC(=O)CCCN(C)C. The van der Waals surface area contributed by atoms with Crippen LogP contribution in [-0.4, -0.2) is 50.2 Å². The summed E-state index contributed by atoms with van der Waals surface area (Å²) < 4.78 is 10.9. The van der Waals surface area contributed by atoms with Crippen LogP contribution in [0.2, 0.25) is 0 Å². The highest BCUT2D eigenvalue weighted by Gasteiger charge is 2.35. The molecular weight excluding hydrogens is 498 g/mol. The van der Waals surface area contributed by atoms with Gasteiger partial charge in [-0.05, 0) is 84.3 Å². The average Bonchev–Trinajstić information content (AvgIpc) is 3.67. The molecule has 5 nitrogen and oxygen atoms in total. The lowest BCUT2D eigenvalue weighted by Gasteiger charge is -2.18. The lowest BCUT2D eigenvalue weighted by Crippen LogP contribution is -2.20. The fourth-order valence-corrected chi connectivity index (χ4v) is 5.96. The first-order valence-corrected chi connectivity index (χ1v) is 17.5. The second-order valence-electron chi connectivity index (χ2n) is 12.8. The molecule has 0 heterocycles. The summed E-state index contributed by atoms with van der Waals surface area (Å²) in [5, 5.41) is 0. The maximum absolute atomic E-state index is 12.4. The number of carbonyl (C=O) groups is 2. The summed E-state index contributed by atoms with van der Waals surface area (Å²) in [6.07, 6.45) is 28.9. The van der Waals surface area contributed by atoms with Crippen LogP contribution in [0.1, 0.15) is 168 Å². The lowest BCUT2D eigenvalue weighted by atomic mass is 10.0. The predicted octanol–water partition coefficient (Wildman–Crippen LogP) is 9.65. The molecule has 1 fully saturated rings. The van der Waals surface area contributed by atoms with Gasteiger partial charge in [-0.3, -0.25) is 9.59 Å². The van der Waals surface area contributed by atoms with Crippen LogP contribution in [0.5, 0.6) is 0 Å². The van der Waals surface area contributed by atoms with Crippen LogP contribution in [0, 0.1) is 11.8 Å². The van der Waals surface area contributed by atoms with E-state index in [4.69, 9.17) is 9.47 Å². The van der Waals surface area contributed by atoms with E-state index in [9.17, 15) is 9.59 Å². The summed E-state index contributed by atoms with van der Waals surface area (Å²) >= 11 is 0. The third kappa shape index (κ3) is 22.6. The highest BCUT2D eigenvalue weighted by molar-refractivity contribution is 5.69. The highest BCUT2D eigenvalue weighted by atomic mass is 16.5. The monoisotopic (exact) mass is 566 g/mol. The van der Waals surface area contributed by atoms with Crippen molar-refractivity contribution in [3.05, 3.63) is 0 Å². The number of unbranched alkanes of at least 4 members (excludes halogenated alkanes) is 13. The molecule has 0 saturated heterocycles. The van der Waals surface area contributed by atoms with Crippen molar-refractivity contribution in [1.82, 2.24) is 4.90 Å². The Bertz CT molecular complexity index is 608. The van der Waals surface area contributed by atoms with Crippen molar-refractivity contribution >= 4 is 11.9 Å². The van der Waals surface area contributed by atoms with Crippen molar-refractivity contribution in [3.8, 4) is 0 Å². The molecule has 5 heteroatoms. The largest absolute Gasteiger partial charge is 0.466 e. The van der Waals surface area contributed by atoms with Crippen LogP contribution >= 0.6 is 0 Å². The second-order valence-corrected chi connectivity index (χ2v) is 12.8. The average molecular weight is 566 g/mol. The van der Waals surface area contributed by atoms with E-state index < -0.39 is 0 Å². The molecule has 1 saturated carbocycles. The Kier molecular flexibility index (Phi) is 23.6. The van der Waals surface area contributed by atoms with Gasteiger partial charge in [0.15, 0.2) is 0 Å². The normalized spacial score (nSPS) is 17.2. The molecule has 0 aromatic carbocycles. The Morgan fingerprint density at radius 3 is 1.70 bits per heavy atom. The first kappa shape index (κ1) is 36.9. The first-order chi connectivity index (χ1) is 19.5. The molecular formula is C35H67NO4. The minimum Gasteiger partial charge on any atom is -0.466 e. The van der Waals surface area contributed by atoms with E-state index in [1.54, 1.807) is 0 Å². The number of hydrogen-bond donors (Lipinski definition) is 0. The van der Waals surface area contributed by atoms with E-state index in [2.05, 4.69) is 25.9 Å². The Morgan fingerprint density at radius 2 is 1.15 bits per heavy atom. The van der Waals surface area contributed by atoms with Gasteiger partial charge < -0.3 is 14.4 Å². The topological polar surface area (TPSA) is 55.8 Å². The summed E-state index contributed by atoms with van der Waals surface area (Å²) in [6, 6.07) is 0. The summed E-state index contributed by atoms with van der Waals surface area (Å²) in [4.78, 5) is 25.9. The summed E-state index contributed by atoms with van der Waals surface area (Å²) in [5.74, 6) is 1.90. The van der Waals surface area contributed by atoms with E-state index in [1.165, 1.54) is 109 Å².